The van der Waals surface area contributed by atoms with Gasteiger partial charge < -0.3 is 21.7 Å². The van der Waals surface area contributed by atoms with Crippen LogP contribution in [0.4, 0.5) is 31.9 Å². The number of hydrogen-bond donors (Lipinski definition) is 4. The zero-order chi connectivity index (χ0) is 18.7. The lowest BCUT2D eigenvalue weighted by molar-refractivity contribution is 0.0951. The number of alkyl halides is 2. The number of nitrogen functional groups attached to an aromatic ring is 1. The smallest absolute Gasteiger partial charge is 0.297 e. The molecule has 0 bridgehead atoms. The van der Waals surface area contributed by atoms with E-state index in [-0.39, 0.29) is 23.6 Å². The zero-order valence-electron chi connectivity index (χ0n) is 14.1. The molecule has 5 N–H and O–H groups in total. The first-order valence-electron chi connectivity index (χ1n) is 8.20. The van der Waals surface area contributed by atoms with Gasteiger partial charge in [-0.1, -0.05) is 0 Å². The van der Waals surface area contributed by atoms with Crippen molar-refractivity contribution in [1.82, 2.24) is 20.3 Å². The third-order valence-electron chi connectivity index (χ3n) is 3.64. The monoisotopic (exact) mass is 363 g/mol. The van der Waals surface area contributed by atoms with Gasteiger partial charge in [0.25, 0.3) is 12.3 Å². The molecule has 0 spiro atoms. The van der Waals surface area contributed by atoms with E-state index in [0.29, 0.717) is 23.6 Å². The molecule has 0 saturated heterocycles. The highest BCUT2D eigenvalue weighted by molar-refractivity contribution is 6.00. The van der Waals surface area contributed by atoms with E-state index in [4.69, 9.17) is 5.73 Å². The number of hydrogen-bond acceptors (Lipinski definition) is 7. The van der Waals surface area contributed by atoms with E-state index in [1.165, 1.54) is 12.3 Å². The van der Waals surface area contributed by atoms with Crippen LogP contribution < -0.4 is 21.7 Å². The highest BCUT2D eigenvalue weighted by Gasteiger charge is 2.25. The summed E-state index contributed by atoms with van der Waals surface area (Å²) in [5.41, 5.74) is 6.53. The molecular weight excluding hydrogens is 344 g/mol. The van der Waals surface area contributed by atoms with Gasteiger partial charge in [-0.15, -0.1) is 0 Å². The number of nitrogens with zero attached hydrogens (tertiary/aromatic N) is 3. The Balaban J connectivity index is 1.84. The highest BCUT2D eigenvalue weighted by atomic mass is 19.3. The Kier molecular flexibility index (Phi) is 5.10. The van der Waals surface area contributed by atoms with Crippen molar-refractivity contribution in [2.75, 3.05) is 22.9 Å². The Morgan fingerprint density at radius 2 is 2.08 bits per heavy atom. The molecule has 1 aliphatic rings. The fraction of sp³-hybridized carbons (Fsp3) is 0.375. The summed E-state index contributed by atoms with van der Waals surface area (Å²) in [6.07, 6.45) is 0.558. The van der Waals surface area contributed by atoms with E-state index in [0.717, 1.165) is 12.8 Å². The first-order chi connectivity index (χ1) is 12.5. The number of anilines is 4. The van der Waals surface area contributed by atoms with Gasteiger partial charge in [0.05, 0.1) is 11.3 Å². The van der Waals surface area contributed by atoms with Crippen LogP contribution in [-0.4, -0.2) is 33.4 Å². The number of aromatic nitrogens is 3. The molecule has 8 nitrogen and oxygen atoms in total. The number of carbonyl (C=O) groups excluding carboxylic acids is 1. The number of pyridine rings is 1. The van der Waals surface area contributed by atoms with Crippen LogP contribution in [0.15, 0.2) is 18.3 Å². The number of nitrogens with one attached hydrogen (secondary N) is 3. The molecule has 0 unspecified atom stereocenters. The van der Waals surface area contributed by atoms with Gasteiger partial charge >= 0.3 is 0 Å². The van der Waals surface area contributed by atoms with Crippen molar-refractivity contribution in [3.63, 3.8) is 0 Å². The minimum atomic E-state index is -2.84. The van der Waals surface area contributed by atoms with E-state index < -0.39 is 12.2 Å². The minimum Gasteiger partial charge on any atom is -0.385 e. The van der Waals surface area contributed by atoms with Gasteiger partial charge in [-0.2, -0.15) is 0 Å². The topological polar surface area (TPSA) is 118 Å². The van der Waals surface area contributed by atoms with Gasteiger partial charge in [0.2, 0.25) is 0 Å². The second-order valence-corrected chi connectivity index (χ2v) is 5.86. The molecule has 0 radical (unpaired) electrons. The average molecular weight is 363 g/mol. The van der Waals surface area contributed by atoms with Gasteiger partial charge in [0.15, 0.2) is 5.82 Å². The first-order valence-corrected chi connectivity index (χ1v) is 8.20. The normalized spacial score (nSPS) is 13.5. The third-order valence-corrected chi connectivity index (χ3v) is 3.64. The van der Waals surface area contributed by atoms with Crippen molar-refractivity contribution < 1.29 is 13.6 Å². The lowest BCUT2D eigenvalue weighted by atomic mass is 10.2. The minimum absolute atomic E-state index is 0.0786. The summed E-state index contributed by atoms with van der Waals surface area (Å²) in [7, 11) is 0. The maximum atomic E-state index is 12.8. The molecular formula is C16H19F2N7O. The Morgan fingerprint density at radius 3 is 2.73 bits per heavy atom. The van der Waals surface area contributed by atoms with Gasteiger partial charge in [-0.3, -0.25) is 4.79 Å². The highest BCUT2D eigenvalue weighted by Crippen LogP contribution is 2.25. The van der Waals surface area contributed by atoms with Crippen molar-refractivity contribution in [3.8, 4) is 0 Å². The van der Waals surface area contributed by atoms with Crippen molar-refractivity contribution in [3.05, 3.63) is 29.7 Å². The predicted molar refractivity (Wildman–Crippen MR) is 93.6 cm³/mol. The van der Waals surface area contributed by atoms with Crippen LogP contribution in [-0.2, 0) is 0 Å². The summed E-state index contributed by atoms with van der Waals surface area (Å²) in [6.45, 7) is 2.50. The SMILES string of the molecule is CCNc1cc(Nc2cc(N)nc(C(F)F)n2)ncc1C(=O)NC1CC1. The largest absolute Gasteiger partial charge is 0.385 e. The quantitative estimate of drug-likeness (QED) is 0.597. The molecule has 0 aliphatic heterocycles. The molecule has 2 aromatic heterocycles. The molecule has 138 valence electrons. The Hall–Kier alpha value is -3.04. The molecule has 26 heavy (non-hydrogen) atoms. The van der Waals surface area contributed by atoms with E-state index in [9.17, 15) is 13.6 Å². The van der Waals surface area contributed by atoms with E-state index in [2.05, 4.69) is 30.9 Å². The average Bonchev–Trinajstić information content (AvgIpc) is 3.38. The summed E-state index contributed by atoms with van der Waals surface area (Å²) in [4.78, 5) is 23.7. The zero-order valence-corrected chi connectivity index (χ0v) is 14.1. The van der Waals surface area contributed by atoms with Gasteiger partial charge in [0, 0.05) is 30.9 Å². The van der Waals surface area contributed by atoms with E-state index >= 15 is 0 Å². The summed E-state index contributed by atoms with van der Waals surface area (Å²) in [5, 5.41) is 8.82. The van der Waals surface area contributed by atoms with Crippen LogP contribution in [0, 0.1) is 0 Å². The standard InChI is InChI=1S/C16H19F2N7O/c1-2-20-10-5-12(21-7-9(10)16(26)22-8-3-4-8)24-13-6-11(19)23-15(25-13)14(17)18/h5-8,14H,2-4H2,1H3,(H,22,26)(H4,19,20,21,23,24,25). The summed E-state index contributed by atoms with van der Waals surface area (Å²) >= 11 is 0. The molecule has 1 aliphatic carbocycles. The molecule has 1 amide bonds. The van der Waals surface area contributed by atoms with Crippen molar-refractivity contribution in [2.24, 2.45) is 0 Å². The van der Waals surface area contributed by atoms with Crippen LogP contribution in [0.2, 0.25) is 0 Å². The Bertz CT molecular complexity index is 811. The lowest BCUT2D eigenvalue weighted by Gasteiger charge is -2.13. The van der Waals surface area contributed by atoms with E-state index in [1.54, 1.807) is 6.07 Å². The van der Waals surface area contributed by atoms with Crippen LogP contribution in [0.25, 0.3) is 0 Å². The second-order valence-electron chi connectivity index (χ2n) is 5.86. The Labute approximate surface area is 148 Å². The molecule has 1 fully saturated rings. The fourth-order valence-electron chi connectivity index (χ4n) is 2.31. The summed E-state index contributed by atoms with van der Waals surface area (Å²) < 4.78 is 25.6. The van der Waals surface area contributed by atoms with Gasteiger partial charge in [0.1, 0.15) is 17.5 Å². The maximum Gasteiger partial charge on any atom is 0.297 e. The third kappa shape index (κ3) is 4.32. The molecule has 10 heteroatoms. The van der Waals surface area contributed by atoms with Crippen molar-refractivity contribution >= 4 is 29.0 Å². The molecule has 2 heterocycles. The van der Waals surface area contributed by atoms with Crippen LogP contribution in [0.5, 0.6) is 0 Å². The van der Waals surface area contributed by atoms with E-state index in [1.807, 2.05) is 6.92 Å². The number of halogens is 2. The second kappa shape index (κ2) is 7.46. The molecule has 0 atom stereocenters. The van der Waals surface area contributed by atoms with Gasteiger partial charge in [-0.25, -0.2) is 23.7 Å². The van der Waals surface area contributed by atoms with Crippen LogP contribution >= 0.6 is 0 Å². The predicted octanol–water partition coefficient (Wildman–Crippen LogP) is 2.46. The molecule has 2 aromatic rings. The Morgan fingerprint density at radius 1 is 1.31 bits per heavy atom. The lowest BCUT2D eigenvalue weighted by Crippen LogP contribution is -2.26. The molecule has 3 rings (SSSR count). The molecule has 1 saturated carbocycles. The summed E-state index contributed by atoms with van der Waals surface area (Å²) in [6, 6.07) is 3.17. The number of carbonyl (C=O) groups is 1. The van der Waals surface area contributed by atoms with Crippen molar-refractivity contribution in [2.45, 2.75) is 32.2 Å². The fourth-order valence-corrected chi connectivity index (χ4v) is 2.31. The number of nitrogens with two attached hydrogens (primary N) is 1. The number of amides is 1. The van der Waals surface area contributed by atoms with Crippen LogP contribution in [0.3, 0.4) is 0 Å². The first kappa shape index (κ1) is 17.8. The summed E-state index contributed by atoms with van der Waals surface area (Å²) in [5.74, 6) is -0.515. The molecule has 0 aromatic carbocycles. The van der Waals surface area contributed by atoms with Gasteiger partial charge in [-0.05, 0) is 19.8 Å². The van der Waals surface area contributed by atoms with Crippen molar-refractivity contribution in [1.29, 1.82) is 0 Å². The number of rotatable bonds is 7. The van der Waals surface area contributed by atoms with Crippen LogP contribution in [0.1, 0.15) is 42.4 Å². The maximum absolute atomic E-state index is 12.8.